The molecule has 0 atom stereocenters. The van der Waals surface area contributed by atoms with Gasteiger partial charge in [0.1, 0.15) is 0 Å². The summed E-state index contributed by atoms with van der Waals surface area (Å²) in [6.07, 6.45) is 3.33. The zero-order valence-electron chi connectivity index (χ0n) is 15.1. The van der Waals surface area contributed by atoms with Crippen LogP contribution in [0.15, 0.2) is 35.1 Å². The standard InChI is InChI=1S/C19H21N3O5/c1-26-19(25)16-17(27-12-21-16)13-6-2-3-7-14(13)18(24)20-9-5-11-22-10-4-8-15(22)23/h2-3,6-7,12H,4-5,8-11H2,1H3,(H,20,24). The summed E-state index contributed by atoms with van der Waals surface area (Å²) in [7, 11) is 1.25. The fraction of sp³-hybridized carbons (Fsp3) is 0.368. The molecule has 2 aromatic rings. The van der Waals surface area contributed by atoms with Gasteiger partial charge in [0.05, 0.1) is 12.7 Å². The number of nitrogens with one attached hydrogen (secondary N) is 1. The van der Waals surface area contributed by atoms with E-state index >= 15 is 0 Å². The molecule has 3 rings (SSSR count). The lowest BCUT2D eigenvalue weighted by Crippen LogP contribution is -2.30. The van der Waals surface area contributed by atoms with Crippen molar-refractivity contribution in [2.24, 2.45) is 0 Å². The predicted molar refractivity (Wildman–Crippen MR) is 96.0 cm³/mol. The summed E-state index contributed by atoms with van der Waals surface area (Å²) in [4.78, 5) is 41.7. The van der Waals surface area contributed by atoms with E-state index in [9.17, 15) is 14.4 Å². The average Bonchev–Trinajstić information content (AvgIpc) is 3.33. The zero-order valence-corrected chi connectivity index (χ0v) is 15.1. The minimum atomic E-state index is -0.635. The molecular formula is C19H21N3O5. The quantitative estimate of drug-likeness (QED) is 0.589. The fourth-order valence-electron chi connectivity index (χ4n) is 3.07. The third-order valence-electron chi connectivity index (χ3n) is 4.42. The molecule has 0 saturated carbocycles. The Labute approximate surface area is 156 Å². The molecule has 0 radical (unpaired) electrons. The van der Waals surface area contributed by atoms with Crippen molar-refractivity contribution < 1.29 is 23.5 Å². The molecule has 2 heterocycles. The summed E-state index contributed by atoms with van der Waals surface area (Å²) in [6.45, 7) is 1.87. The van der Waals surface area contributed by atoms with Crippen molar-refractivity contribution in [2.45, 2.75) is 19.3 Å². The van der Waals surface area contributed by atoms with E-state index in [2.05, 4.69) is 10.3 Å². The SMILES string of the molecule is COC(=O)c1ncoc1-c1ccccc1C(=O)NCCCN1CCCC1=O. The highest BCUT2D eigenvalue weighted by atomic mass is 16.5. The van der Waals surface area contributed by atoms with E-state index in [1.165, 1.54) is 7.11 Å². The first-order valence-electron chi connectivity index (χ1n) is 8.79. The number of hydrogen-bond donors (Lipinski definition) is 1. The van der Waals surface area contributed by atoms with E-state index in [1.807, 2.05) is 4.90 Å². The number of rotatable bonds is 7. The van der Waals surface area contributed by atoms with E-state index in [0.29, 0.717) is 37.1 Å². The number of hydrogen-bond acceptors (Lipinski definition) is 6. The summed E-state index contributed by atoms with van der Waals surface area (Å²) in [5.41, 5.74) is 0.851. The highest BCUT2D eigenvalue weighted by molar-refractivity contribution is 6.03. The molecule has 0 spiro atoms. The third kappa shape index (κ3) is 4.16. The summed E-state index contributed by atoms with van der Waals surface area (Å²) < 4.78 is 10.0. The van der Waals surface area contributed by atoms with Crippen molar-refractivity contribution in [1.82, 2.24) is 15.2 Å². The Hall–Kier alpha value is -3.16. The van der Waals surface area contributed by atoms with Crippen LogP contribution in [0.25, 0.3) is 11.3 Å². The molecule has 0 bridgehead atoms. The van der Waals surface area contributed by atoms with Crippen molar-refractivity contribution in [3.8, 4) is 11.3 Å². The van der Waals surface area contributed by atoms with Gasteiger partial charge in [0.15, 0.2) is 17.8 Å². The van der Waals surface area contributed by atoms with E-state index in [0.717, 1.165) is 19.4 Å². The molecule has 0 unspecified atom stereocenters. The van der Waals surface area contributed by atoms with Crippen molar-refractivity contribution in [3.63, 3.8) is 0 Å². The lowest BCUT2D eigenvalue weighted by molar-refractivity contribution is -0.127. The highest BCUT2D eigenvalue weighted by Gasteiger charge is 2.23. The monoisotopic (exact) mass is 371 g/mol. The van der Waals surface area contributed by atoms with Gasteiger partial charge in [0, 0.05) is 31.6 Å². The second-order valence-electron chi connectivity index (χ2n) is 6.16. The fourth-order valence-corrected chi connectivity index (χ4v) is 3.07. The Morgan fingerprint density at radius 2 is 2.15 bits per heavy atom. The number of nitrogens with zero attached hydrogens (tertiary/aromatic N) is 2. The van der Waals surface area contributed by atoms with E-state index in [1.54, 1.807) is 24.3 Å². The van der Waals surface area contributed by atoms with Crippen LogP contribution in [-0.4, -0.2) is 54.4 Å². The minimum Gasteiger partial charge on any atom is -0.464 e. The Morgan fingerprint density at radius 1 is 1.33 bits per heavy atom. The number of ether oxygens (including phenoxy) is 1. The molecule has 1 aromatic heterocycles. The molecule has 1 aliphatic rings. The molecule has 1 saturated heterocycles. The van der Waals surface area contributed by atoms with Crippen LogP contribution >= 0.6 is 0 Å². The van der Waals surface area contributed by atoms with Gasteiger partial charge in [-0.05, 0) is 18.9 Å². The third-order valence-corrected chi connectivity index (χ3v) is 4.42. The molecule has 142 valence electrons. The number of carbonyl (C=O) groups excluding carboxylic acids is 3. The number of likely N-dealkylation sites (tertiary alicyclic amines) is 1. The molecule has 1 N–H and O–H groups in total. The number of carbonyl (C=O) groups is 3. The van der Waals surface area contributed by atoms with Gasteiger partial charge in [-0.3, -0.25) is 9.59 Å². The number of benzene rings is 1. The Bertz CT molecular complexity index is 845. The summed E-state index contributed by atoms with van der Waals surface area (Å²) in [5, 5.41) is 2.85. The van der Waals surface area contributed by atoms with Gasteiger partial charge in [0.25, 0.3) is 5.91 Å². The lowest BCUT2D eigenvalue weighted by atomic mass is 10.0. The first-order chi connectivity index (χ1) is 13.1. The molecule has 8 nitrogen and oxygen atoms in total. The van der Waals surface area contributed by atoms with Crippen LogP contribution in [0, 0.1) is 0 Å². The number of oxazole rings is 1. The maximum atomic E-state index is 12.6. The van der Waals surface area contributed by atoms with Crippen LogP contribution < -0.4 is 5.32 Å². The number of amides is 2. The van der Waals surface area contributed by atoms with Gasteiger partial charge in [-0.15, -0.1) is 0 Å². The second kappa shape index (κ2) is 8.48. The van der Waals surface area contributed by atoms with Gasteiger partial charge < -0.3 is 19.4 Å². The lowest BCUT2D eigenvalue weighted by Gasteiger charge is -2.15. The Kier molecular flexibility index (Phi) is 5.85. The minimum absolute atomic E-state index is 0.0188. The van der Waals surface area contributed by atoms with Crippen LogP contribution in [0.1, 0.15) is 40.1 Å². The summed E-state index contributed by atoms with van der Waals surface area (Å²) in [5.74, 6) is -0.558. The Balaban J connectivity index is 1.67. The second-order valence-corrected chi connectivity index (χ2v) is 6.16. The molecule has 8 heteroatoms. The largest absolute Gasteiger partial charge is 0.464 e. The molecule has 0 aliphatic carbocycles. The average molecular weight is 371 g/mol. The number of aromatic nitrogens is 1. The van der Waals surface area contributed by atoms with Crippen molar-refractivity contribution >= 4 is 17.8 Å². The van der Waals surface area contributed by atoms with Gasteiger partial charge in [-0.2, -0.15) is 0 Å². The highest BCUT2D eigenvalue weighted by Crippen LogP contribution is 2.27. The zero-order chi connectivity index (χ0) is 19.2. The Morgan fingerprint density at radius 3 is 2.89 bits per heavy atom. The van der Waals surface area contributed by atoms with Crippen molar-refractivity contribution in [3.05, 3.63) is 41.9 Å². The van der Waals surface area contributed by atoms with Crippen molar-refractivity contribution in [1.29, 1.82) is 0 Å². The molecule has 1 aromatic carbocycles. The van der Waals surface area contributed by atoms with Gasteiger partial charge in [0.2, 0.25) is 5.91 Å². The number of esters is 1. The predicted octanol–water partition coefficient (Wildman–Crippen LogP) is 1.87. The molecular weight excluding hydrogens is 350 g/mol. The van der Waals surface area contributed by atoms with Crippen LogP contribution in [0.2, 0.25) is 0 Å². The topological polar surface area (TPSA) is 102 Å². The molecule has 1 fully saturated rings. The van der Waals surface area contributed by atoms with Crippen LogP contribution in [0.5, 0.6) is 0 Å². The first-order valence-corrected chi connectivity index (χ1v) is 8.79. The first kappa shape index (κ1) is 18.6. The molecule has 2 amide bonds. The van der Waals surface area contributed by atoms with Gasteiger partial charge in [-0.25, -0.2) is 9.78 Å². The maximum Gasteiger partial charge on any atom is 0.360 e. The summed E-state index contributed by atoms with van der Waals surface area (Å²) in [6, 6.07) is 6.81. The van der Waals surface area contributed by atoms with E-state index in [4.69, 9.17) is 9.15 Å². The van der Waals surface area contributed by atoms with Crippen molar-refractivity contribution in [2.75, 3.05) is 26.7 Å². The van der Waals surface area contributed by atoms with E-state index in [-0.39, 0.29) is 23.3 Å². The van der Waals surface area contributed by atoms with Gasteiger partial charge in [-0.1, -0.05) is 18.2 Å². The van der Waals surface area contributed by atoms with Gasteiger partial charge >= 0.3 is 5.97 Å². The van der Waals surface area contributed by atoms with E-state index < -0.39 is 5.97 Å². The smallest absolute Gasteiger partial charge is 0.360 e. The molecule has 1 aliphatic heterocycles. The maximum absolute atomic E-state index is 12.6. The normalized spacial score (nSPS) is 13.7. The number of methoxy groups -OCH3 is 1. The van der Waals surface area contributed by atoms with Crippen LogP contribution in [0.3, 0.4) is 0 Å². The molecule has 27 heavy (non-hydrogen) atoms. The summed E-state index contributed by atoms with van der Waals surface area (Å²) >= 11 is 0. The van der Waals surface area contributed by atoms with Crippen LogP contribution in [-0.2, 0) is 9.53 Å². The van der Waals surface area contributed by atoms with Crippen LogP contribution in [0.4, 0.5) is 0 Å².